The van der Waals surface area contributed by atoms with Gasteiger partial charge < -0.3 is 5.32 Å². The minimum absolute atomic E-state index is 0.453. The number of aryl methyl sites for hydroxylation is 2. The normalized spacial score (nSPS) is 24.6. The molecule has 0 saturated heterocycles. The van der Waals surface area contributed by atoms with Gasteiger partial charge in [-0.3, -0.25) is 0 Å². The van der Waals surface area contributed by atoms with E-state index in [1.165, 1.54) is 36.8 Å². The molecule has 2 aliphatic carbocycles. The summed E-state index contributed by atoms with van der Waals surface area (Å²) in [6.45, 7) is 2.30. The number of benzene rings is 2. The Bertz CT molecular complexity index is 632. The molecule has 1 N–H and O–H groups in total. The van der Waals surface area contributed by atoms with Gasteiger partial charge in [-0.1, -0.05) is 48.5 Å². The second-order valence-electron chi connectivity index (χ2n) is 6.63. The topological polar surface area (TPSA) is 12.0 Å². The van der Waals surface area contributed by atoms with Crippen LogP contribution in [0.4, 0.5) is 0 Å². The number of fused-ring (bicyclic) bond motifs is 1. The molecule has 0 amide bonds. The first-order valence-corrected chi connectivity index (χ1v) is 8.24. The highest BCUT2D eigenvalue weighted by atomic mass is 15.0. The first-order valence-electron chi connectivity index (χ1n) is 8.24. The van der Waals surface area contributed by atoms with Crippen LogP contribution < -0.4 is 5.32 Å². The van der Waals surface area contributed by atoms with Crippen LogP contribution in [0.5, 0.6) is 0 Å². The van der Waals surface area contributed by atoms with E-state index in [9.17, 15) is 0 Å². The van der Waals surface area contributed by atoms with Crippen LogP contribution in [0.3, 0.4) is 0 Å². The lowest BCUT2D eigenvalue weighted by atomic mass is 10.0. The van der Waals surface area contributed by atoms with Crippen molar-refractivity contribution in [1.82, 2.24) is 5.32 Å². The van der Waals surface area contributed by atoms with Gasteiger partial charge in [0.05, 0.1) is 0 Å². The molecule has 2 aliphatic rings. The van der Waals surface area contributed by atoms with Crippen molar-refractivity contribution in [2.75, 3.05) is 0 Å². The van der Waals surface area contributed by atoms with E-state index in [1.807, 2.05) is 0 Å². The van der Waals surface area contributed by atoms with Crippen molar-refractivity contribution in [3.8, 4) is 0 Å². The highest BCUT2D eigenvalue weighted by molar-refractivity contribution is 5.37. The summed E-state index contributed by atoms with van der Waals surface area (Å²) < 4.78 is 0. The molecule has 0 heterocycles. The second kappa shape index (κ2) is 5.31. The Morgan fingerprint density at radius 2 is 1.81 bits per heavy atom. The Morgan fingerprint density at radius 3 is 2.67 bits per heavy atom. The minimum Gasteiger partial charge on any atom is -0.307 e. The van der Waals surface area contributed by atoms with E-state index < -0.39 is 0 Å². The van der Waals surface area contributed by atoms with Crippen LogP contribution in [0.15, 0.2) is 48.5 Å². The van der Waals surface area contributed by atoms with Crippen LogP contribution in [0.2, 0.25) is 0 Å². The average molecular weight is 277 g/mol. The molecule has 0 aromatic heterocycles. The molecule has 0 spiro atoms. The Morgan fingerprint density at radius 1 is 1.00 bits per heavy atom. The summed E-state index contributed by atoms with van der Waals surface area (Å²) in [5, 5.41) is 3.81. The molecular weight excluding hydrogens is 254 g/mol. The lowest BCUT2D eigenvalue weighted by Gasteiger charge is -2.16. The van der Waals surface area contributed by atoms with E-state index in [4.69, 9.17) is 0 Å². The lowest BCUT2D eigenvalue weighted by molar-refractivity contribution is 0.562. The molecule has 1 nitrogen and oxygen atoms in total. The van der Waals surface area contributed by atoms with Crippen molar-refractivity contribution in [3.63, 3.8) is 0 Å². The van der Waals surface area contributed by atoms with Gasteiger partial charge >= 0.3 is 0 Å². The van der Waals surface area contributed by atoms with Crippen LogP contribution in [-0.2, 0) is 12.8 Å². The van der Waals surface area contributed by atoms with Gasteiger partial charge in [0, 0.05) is 18.0 Å². The first-order chi connectivity index (χ1) is 10.3. The molecule has 21 heavy (non-hydrogen) atoms. The fourth-order valence-electron chi connectivity index (χ4n) is 3.73. The second-order valence-corrected chi connectivity index (χ2v) is 6.63. The molecule has 108 valence electrons. The molecule has 0 radical (unpaired) electrons. The summed E-state index contributed by atoms with van der Waals surface area (Å²) >= 11 is 0. The van der Waals surface area contributed by atoms with Crippen molar-refractivity contribution in [2.45, 2.75) is 50.6 Å². The monoisotopic (exact) mass is 277 g/mol. The van der Waals surface area contributed by atoms with E-state index in [1.54, 1.807) is 11.1 Å². The maximum atomic E-state index is 3.81. The molecule has 3 atom stereocenters. The van der Waals surface area contributed by atoms with Gasteiger partial charge in [-0.25, -0.2) is 0 Å². The third-order valence-corrected chi connectivity index (χ3v) is 5.10. The van der Waals surface area contributed by atoms with Gasteiger partial charge in [0.2, 0.25) is 0 Å². The van der Waals surface area contributed by atoms with Crippen molar-refractivity contribution in [2.24, 2.45) is 0 Å². The summed E-state index contributed by atoms with van der Waals surface area (Å²) in [6.07, 6.45) is 5.15. The molecule has 4 rings (SSSR count). The Balaban J connectivity index is 1.42. The van der Waals surface area contributed by atoms with Gasteiger partial charge in [0.15, 0.2) is 0 Å². The molecule has 3 unspecified atom stereocenters. The van der Waals surface area contributed by atoms with Crippen molar-refractivity contribution in [3.05, 3.63) is 70.8 Å². The number of hydrogen-bond acceptors (Lipinski definition) is 1. The third kappa shape index (κ3) is 2.63. The van der Waals surface area contributed by atoms with Gasteiger partial charge in [-0.2, -0.15) is 0 Å². The van der Waals surface area contributed by atoms with Crippen LogP contribution in [0.1, 0.15) is 54.0 Å². The summed E-state index contributed by atoms with van der Waals surface area (Å²) in [4.78, 5) is 0. The van der Waals surface area contributed by atoms with Crippen molar-refractivity contribution < 1.29 is 0 Å². The number of rotatable bonds is 4. The van der Waals surface area contributed by atoms with Gasteiger partial charge in [-0.05, 0) is 54.9 Å². The highest BCUT2D eigenvalue weighted by Crippen LogP contribution is 2.42. The summed E-state index contributed by atoms with van der Waals surface area (Å²) in [6, 6.07) is 19.1. The van der Waals surface area contributed by atoms with E-state index in [0.29, 0.717) is 18.0 Å². The first kappa shape index (κ1) is 13.1. The number of nitrogens with one attached hydrogen (secondary N) is 1. The van der Waals surface area contributed by atoms with Gasteiger partial charge in [-0.15, -0.1) is 0 Å². The Labute approximate surface area is 127 Å². The van der Waals surface area contributed by atoms with E-state index in [0.717, 1.165) is 0 Å². The molecule has 0 bridgehead atoms. The molecule has 2 aromatic carbocycles. The minimum atomic E-state index is 0.453. The fourth-order valence-corrected chi connectivity index (χ4v) is 3.73. The van der Waals surface area contributed by atoms with Crippen LogP contribution in [0.25, 0.3) is 0 Å². The zero-order valence-electron chi connectivity index (χ0n) is 12.7. The molecule has 1 heteroatoms. The van der Waals surface area contributed by atoms with E-state index >= 15 is 0 Å². The van der Waals surface area contributed by atoms with E-state index in [2.05, 4.69) is 60.8 Å². The number of hydrogen-bond donors (Lipinski definition) is 1. The maximum absolute atomic E-state index is 3.81. The predicted octanol–water partition coefficient (Wildman–Crippen LogP) is 4.38. The maximum Gasteiger partial charge on any atom is 0.0294 e. The standard InChI is InChI=1S/C20H23N/c1-14(17-11-10-15-8-5-9-18(15)12-17)21-20-13-19(20)16-6-3-2-4-7-16/h2-4,6-7,10-12,14,19-21H,5,8-9,13H2,1H3. The van der Waals surface area contributed by atoms with Gasteiger partial charge in [0.25, 0.3) is 0 Å². The predicted molar refractivity (Wildman–Crippen MR) is 87.6 cm³/mol. The zero-order valence-corrected chi connectivity index (χ0v) is 12.7. The summed E-state index contributed by atoms with van der Waals surface area (Å²) in [7, 11) is 0. The van der Waals surface area contributed by atoms with Crippen molar-refractivity contribution in [1.29, 1.82) is 0 Å². The fraction of sp³-hybridized carbons (Fsp3) is 0.400. The highest BCUT2D eigenvalue weighted by Gasteiger charge is 2.38. The molecule has 1 fully saturated rings. The van der Waals surface area contributed by atoms with Crippen LogP contribution in [-0.4, -0.2) is 6.04 Å². The van der Waals surface area contributed by atoms with Crippen LogP contribution >= 0.6 is 0 Å². The van der Waals surface area contributed by atoms with E-state index in [-0.39, 0.29) is 0 Å². The Hall–Kier alpha value is -1.60. The molecule has 0 aliphatic heterocycles. The van der Waals surface area contributed by atoms with Gasteiger partial charge in [0.1, 0.15) is 0 Å². The zero-order chi connectivity index (χ0) is 14.2. The third-order valence-electron chi connectivity index (χ3n) is 5.10. The average Bonchev–Trinajstić information content (AvgIpc) is 3.12. The summed E-state index contributed by atoms with van der Waals surface area (Å²) in [5.41, 5.74) is 6.08. The molecule has 2 aromatic rings. The molecule has 1 saturated carbocycles. The lowest BCUT2D eigenvalue weighted by Crippen LogP contribution is -2.22. The quantitative estimate of drug-likeness (QED) is 0.874. The summed E-state index contributed by atoms with van der Waals surface area (Å²) in [5.74, 6) is 0.711. The molecular formula is C20H23N. The SMILES string of the molecule is CC(NC1CC1c1ccccc1)c1ccc2c(c1)CCC2. The smallest absolute Gasteiger partial charge is 0.0294 e. The van der Waals surface area contributed by atoms with Crippen LogP contribution in [0, 0.1) is 0 Å². The largest absolute Gasteiger partial charge is 0.307 e. The van der Waals surface area contributed by atoms with Crippen molar-refractivity contribution >= 4 is 0 Å². The Kier molecular flexibility index (Phi) is 3.31.